The lowest BCUT2D eigenvalue weighted by atomic mass is 10.1. The normalized spacial score (nSPS) is 10.7. The summed E-state index contributed by atoms with van der Waals surface area (Å²) in [5.41, 5.74) is 7.45. The quantitative estimate of drug-likeness (QED) is 0.821. The van der Waals surface area contributed by atoms with Gasteiger partial charge in [-0.2, -0.15) is 0 Å². The standard InChI is InChI=1S/C12H17NO2/c1-9-7-11(14-2)8-10(5-4-6-13)12(9)15-3/h4-5,7-8H,6,13H2,1-3H3/b5-4+. The number of rotatable bonds is 4. The van der Waals surface area contributed by atoms with Crippen LogP contribution in [0.15, 0.2) is 18.2 Å². The van der Waals surface area contributed by atoms with Gasteiger partial charge in [0.05, 0.1) is 14.2 Å². The number of benzene rings is 1. The van der Waals surface area contributed by atoms with E-state index in [2.05, 4.69) is 0 Å². The van der Waals surface area contributed by atoms with Gasteiger partial charge < -0.3 is 15.2 Å². The SMILES string of the molecule is COc1cc(C)c(OC)c(/C=C/CN)c1. The van der Waals surface area contributed by atoms with E-state index >= 15 is 0 Å². The lowest BCUT2D eigenvalue weighted by Gasteiger charge is -2.10. The molecule has 0 radical (unpaired) electrons. The Kier molecular flexibility index (Phi) is 4.18. The second-order valence-corrected chi connectivity index (χ2v) is 3.20. The van der Waals surface area contributed by atoms with Crippen LogP contribution in [0.1, 0.15) is 11.1 Å². The van der Waals surface area contributed by atoms with E-state index in [0.29, 0.717) is 6.54 Å². The zero-order valence-electron chi connectivity index (χ0n) is 9.41. The lowest BCUT2D eigenvalue weighted by Crippen LogP contribution is -1.95. The monoisotopic (exact) mass is 207 g/mol. The lowest BCUT2D eigenvalue weighted by molar-refractivity contribution is 0.399. The van der Waals surface area contributed by atoms with Gasteiger partial charge in [0.15, 0.2) is 0 Å². The Bertz CT molecular complexity index is 359. The molecule has 0 aromatic heterocycles. The van der Waals surface area contributed by atoms with Crippen molar-refractivity contribution in [3.63, 3.8) is 0 Å². The summed E-state index contributed by atoms with van der Waals surface area (Å²) in [7, 11) is 3.31. The maximum Gasteiger partial charge on any atom is 0.129 e. The molecular formula is C12H17NO2. The zero-order valence-corrected chi connectivity index (χ0v) is 9.41. The van der Waals surface area contributed by atoms with Gasteiger partial charge in [-0.15, -0.1) is 0 Å². The van der Waals surface area contributed by atoms with Crippen LogP contribution in [0.2, 0.25) is 0 Å². The third-order valence-electron chi connectivity index (χ3n) is 2.15. The molecule has 82 valence electrons. The van der Waals surface area contributed by atoms with Crippen molar-refractivity contribution >= 4 is 6.08 Å². The summed E-state index contributed by atoms with van der Waals surface area (Å²) < 4.78 is 10.5. The van der Waals surface area contributed by atoms with Gasteiger partial charge in [-0.25, -0.2) is 0 Å². The highest BCUT2D eigenvalue weighted by Crippen LogP contribution is 2.29. The number of methoxy groups -OCH3 is 2. The van der Waals surface area contributed by atoms with Crippen molar-refractivity contribution in [2.45, 2.75) is 6.92 Å². The Morgan fingerprint density at radius 1 is 1.27 bits per heavy atom. The van der Waals surface area contributed by atoms with Crippen LogP contribution in [-0.4, -0.2) is 20.8 Å². The fraction of sp³-hybridized carbons (Fsp3) is 0.333. The van der Waals surface area contributed by atoms with Gasteiger partial charge in [0, 0.05) is 12.1 Å². The molecule has 0 bridgehead atoms. The highest BCUT2D eigenvalue weighted by Gasteiger charge is 2.06. The number of ether oxygens (including phenoxy) is 2. The van der Waals surface area contributed by atoms with Gasteiger partial charge in [-0.05, 0) is 24.6 Å². The van der Waals surface area contributed by atoms with E-state index in [1.54, 1.807) is 14.2 Å². The molecule has 3 heteroatoms. The maximum absolute atomic E-state index is 5.42. The van der Waals surface area contributed by atoms with Crippen molar-refractivity contribution in [1.29, 1.82) is 0 Å². The van der Waals surface area contributed by atoms with Crippen LogP contribution >= 0.6 is 0 Å². The summed E-state index contributed by atoms with van der Waals surface area (Å²) in [6, 6.07) is 3.87. The average molecular weight is 207 g/mol. The Labute approximate surface area is 90.5 Å². The molecule has 15 heavy (non-hydrogen) atoms. The largest absolute Gasteiger partial charge is 0.497 e. The van der Waals surface area contributed by atoms with Gasteiger partial charge in [0.2, 0.25) is 0 Å². The molecule has 0 fully saturated rings. The predicted molar refractivity (Wildman–Crippen MR) is 62.4 cm³/mol. The van der Waals surface area contributed by atoms with Crippen molar-refractivity contribution in [2.75, 3.05) is 20.8 Å². The van der Waals surface area contributed by atoms with E-state index in [4.69, 9.17) is 15.2 Å². The third kappa shape index (κ3) is 2.73. The first kappa shape index (κ1) is 11.6. The summed E-state index contributed by atoms with van der Waals surface area (Å²) in [5.74, 6) is 1.69. The molecular weight excluding hydrogens is 190 g/mol. The second-order valence-electron chi connectivity index (χ2n) is 3.20. The molecule has 0 heterocycles. The van der Waals surface area contributed by atoms with E-state index in [9.17, 15) is 0 Å². The number of hydrogen-bond acceptors (Lipinski definition) is 3. The third-order valence-corrected chi connectivity index (χ3v) is 2.15. The van der Waals surface area contributed by atoms with E-state index in [1.165, 1.54) is 0 Å². The molecule has 0 saturated heterocycles. The van der Waals surface area contributed by atoms with Crippen LogP contribution in [0.25, 0.3) is 6.08 Å². The first-order chi connectivity index (χ1) is 7.22. The van der Waals surface area contributed by atoms with Crippen molar-refractivity contribution in [3.8, 4) is 11.5 Å². The second kappa shape index (κ2) is 5.41. The fourth-order valence-corrected chi connectivity index (χ4v) is 1.48. The maximum atomic E-state index is 5.42. The molecule has 1 aromatic rings. The van der Waals surface area contributed by atoms with Crippen LogP contribution in [0.3, 0.4) is 0 Å². The molecule has 0 saturated carbocycles. The fourth-order valence-electron chi connectivity index (χ4n) is 1.48. The number of hydrogen-bond donors (Lipinski definition) is 1. The van der Waals surface area contributed by atoms with Gasteiger partial charge in [-0.1, -0.05) is 12.2 Å². The summed E-state index contributed by atoms with van der Waals surface area (Å²) in [5, 5.41) is 0. The Balaban J connectivity index is 3.19. The van der Waals surface area contributed by atoms with E-state index in [1.807, 2.05) is 31.2 Å². The molecule has 1 rings (SSSR count). The highest BCUT2D eigenvalue weighted by atomic mass is 16.5. The topological polar surface area (TPSA) is 44.5 Å². The molecule has 3 nitrogen and oxygen atoms in total. The smallest absolute Gasteiger partial charge is 0.129 e. The molecule has 0 aliphatic heterocycles. The number of nitrogens with two attached hydrogens (primary N) is 1. The van der Waals surface area contributed by atoms with Crippen LogP contribution in [0.4, 0.5) is 0 Å². The van der Waals surface area contributed by atoms with Crippen molar-refractivity contribution in [2.24, 2.45) is 5.73 Å². The molecule has 2 N–H and O–H groups in total. The molecule has 0 atom stereocenters. The first-order valence-electron chi connectivity index (χ1n) is 4.82. The van der Waals surface area contributed by atoms with Crippen LogP contribution in [0, 0.1) is 6.92 Å². The summed E-state index contributed by atoms with van der Waals surface area (Å²) in [6.45, 7) is 2.50. The Hall–Kier alpha value is -1.48. The van der Waals surface area contributed by atoms with Crippen molar-refractivity contribution in [3.05, 3.63) is 29.3 Å². The molecule has 0 aliphatic carbocycles. The van der Waals surface area contributed by atoms with Crippen LogP contribution in [-0.2, 0) is 0 Å². The van der Waals surface area contributed by atoms with E-state index in [-0.39, 0.29) is 0 Å². The first-order valence-corrected chi connectivity index (χ1v) is 4.82. The average Bonchev–Trinajstić information content (AvgIpc) is 2.25. The molecule has 0 aliphatic rings. The minimum Gasteiger partial charge on any atom is -0.497 e. The summed E-state index contributed by atoms with van der Waals surface area (Å²) in [6.07, 6.45) is 3.82. The molecule has 0 amide bonds. The zero-order chi connectivity index (χ0) is 11.3. The highest BCUT2D eigenvalue weighted by molar-refractivity contribution is 5.62. The minimum absolute atomic E-state index is 0.513. The van der Waals surface area contributed by atoms with E-state index in [0.717, 1.165) is 22.6 Å². The van der Waals surface area contributed by atoms with Crippen molar-refractivity contribution < 1.29 is 9.47 Å². The van der Waals surface area contributed by atoms with Gasteiger partial charge >= 0.3 is 0 Å². The van der Waals surface area contributed by atoms with E-state index < -0.39 is 0 Å². The van der Waals surface area contributed by atoms with Gasteiger partial charge in [-0.3, -0.25) is 0 Å². The van der Waals surface area contributed by atoms with Crippen molar-refractivity contribution in [1.82, 2.24) is 0 Å². The van der Waals surface area contributed by atoms with Crippen LogP contribution in [0.5, 0.6) is 11.5 Å². The van der Waals surface area contributed by atoms with Gasteiger partial charge in [0.1, 0.15) is 11.5 Å². The summed E-state index contributed by atoms with van der Waals surface area (Å²) >= 11 is 0. The molecule has 0 unspecified atom stereocenters. The Morgan fingerprint density at radius 3 is 2.53 bits per heavy atom. The summed E-state index contributed by atoms with van der Waals surface area (Å²) in [4.78, 5) is 0. The number of aryl methyl sites for hydroxylation is 1. The van der Waals surface area contributed by atoms with Crippen LogP contribution < -0.4 is 15.2 Å². The predicted octanol–water partition coefficient (Wildman–Crippen LogP) is 1.98. The van der Waals surface area contributed by atoms with Gasteiger partial charge in [0.25, 0.3) is 0 Å². The Morgan fingerprint density at radius 2 is 2.00 bits per heavy atom. The molecule has 1 aromatic carbocycles. The molecule has 0 spiro atoms. The minimum atomic E-state index is 0.513.